The monoisotopic (exact) mass is 886 g/mol. The largest absolute Gasteiger partial charge is 0.365 e. The van der Waals surface area contributed by atoms with E-state index in [9.17, 15) is 9.59 Å². The van der Waals surface area contributed by atoms with Crippen molar-refractivity contribution in [3.63, 3.8) is 0 Å². The molecule has 4 aromatic heterocycles. The van der Waals surface area contributed by atoms with Gasteiger partial charge in [-0.1, -0.05) is 67.3 Å². The summed E-state index contributed by atoms with van der Waals surface area (Å²) in [5.41, 5.74) is 30.3. The summed E-state index contributed by atoms with van der Waals surface area (Å²) in [5.74, 6) is 0.223. The van der Waals surface area contributed by atoms with Gasteiger partial charge in [0.2, 0.25) is 11.9 Å². The summed E-state index contributed by atoms with van der Waals surface area (Å²) in [6, 6.07) is 30.8. The van der Waals surface area contributed by atoms with Crippen molar-refractivity contribution in [3.8, 4) is 11.4 Å². The number of anilines is 6. The number of primary amides is 2. The molecule has 336 valence electrons. The average molecular weight is 887 g/mol. The normalized spacial score (nSPS) is 18.2. The van der Waals surface area contributed by atoms with E-state index >= 15 is 0 Å². The van der Waals surface area contributed by atoms with Gasteiger partial charge in [0, 0.05) is 47.9 Å². The number of nitrogens with one attached hydrogen (secondary N) is 4. The number of hydrogen-bond acceptors (Lipinski definition) is 16. The lowest BCUT2D eigenvalue weighted by molar-refractivity contribution is 0.0992. The van der Waals surface area contributed by atoms with Crippen molar-refractivity contribution in [2.75, 3.05) is 21.3 Å². The molecule has 2 saturated carbocycles. The molecule has 2 fully saturated rings. The van der Waals surface area contributed by atoms with Crippen LogP contribution in [0, 0.1) is 0 Å². The summed E-state index contributed by atoms with van der Waals surface area (Å²) in [6.45, 7) is 0. The van der Waals surface area contributed by atoms with Crippen molar-refractivity contribution >= 4 is 68.8 Å². The fourth-order valence-corrected chi connectivity index (χ4v) is 8.19. The molecular weight excluding hydrogens is 837 g/mol. The van der Waals surface area contributed by atoms with E-state index in [2.05, 4.69) is 61.7 Å². The molecule has 2 aliphatic carbocycles. The summed E-state index contributed by atoms with van der Waals surface area (Å²) in [6.07, 6.45) is 11.2. The maximum Gasteiger partial charge on any atom is 0.254 e. The zero-order valence-electron chi connectivity index (χ0n) is 36.0. The highest BCUT2D eigenvalue weighted by Gasteiger charge is 2.25. The highest BCUT2D eigenvalue weighted by atomic mass is 16.1. The van der Waals surface area contributed by atoms with E-state index in [1.165, 1.54) is 12.4 Å². The first-order valence-electron chi connectivity index (χ1n) is 21.9. The van der Waals surface area contributed by atoms with Gasteiger partial charge >= 0.3 is 0 Å². The fraction of sp³-hybridized carbons (Fsp3) is 0.261. The molecule has 12 N–H and O–H groups in total. The number of carbonyl (C=O) groups excluding carboxylic acids is 2. The highest BCUT2D eigenvalue weighted by Crippen LogP contribution is 2.27. The number of aromatic nitrogens is 10. The number of nitrogens with zero attached hydrogens (tertiary/aromatic N) is 10. The zero-order chi connectivity index (χ0) is 45.6. The van der Waals surface area contributed by atoms with Gasteiger partial charge in [0.05, 0.1) is 16.9 Å². The minimum Gasteiger partial charge on any atom is -0.365 e. The number of amides is 2. The van der Waals surface area contributed by atoms with E-state index in [0.717, 1.165) is 84.8 Å². The molecule has 2 amide bonds. The van der Waals surface area contributed by atoms with Crippen molar-refractivity contribution in [1.82, 2.24) is 49.9 Å². The second-order valence-corrected chi connectivity index (χ2v) is 16.4. The van der Waals surface area contributed by atoms with Gasteiger partial charge in [0.15, 0.2) is 0 Å². The van der Waals surface area contributed by atoms with Crippen LogP contribution < -0.4 is 44.2 Å². The lowest BCUT2D eigenvalue weighted by Gasteiger charge is -2.29. The number of para-hydroxylation sites is 1. The van der Waals surface area contributed by atoms with Crippen molar-refractivity contribution in [2.24, 2.45) is 22.9 Å². The summed E-state index contributed by atoms with van der Waals surface area (Å²) in [5, 5.41) is 30.5. The molecule has 0 aliphatic heterocycles. The number of rotatable bonds is 12. The molecule has 4 heterocycles. The Labute approximate surface area is 379 Å². The Hall–Kier alpha value is -8.10. The molecular formula is C46H50N18O2. The lowest BCUT2D eigenvalue weighted by atomic mass is 9.91. The van der Waals surface area contributed by atoms with Crippen LogP contribution in [-0.2, 0) is 0 Å². The molecule has 2 aliphatic rings. The smallest absolute Gasteiger partial charge is 0.254 e. The van der Waals surface area contributed by atoms with Crippen LogP contribution in [0.3, 0.4) is 0 Å². The van der Waals surface area contributed by atoms with Crippen LogP contribution in [0.5, 0.6) is 0 Å². The minimum atomic E-state index is -0.616. The van der Waals surface area contributed by atoms with Gasteiger partial charge in [-0.15, -0.1) is 15.3 Å². The molecule has 4 atom stereocenters. The van der Waals surface area contributed by atoms with Gasteiger partial charge in [-0.25, -0.2) is 14.6 Å². The lowest BCUT2D eigenvalue weighted by Crippen LogP contribution is -2.43. The Balaban J connectivity index is 0.000000166. The van der Waals surface area contributed by atoms with Gasteiger partial charge in [-0.2, -0.15) is 14.8 Å². The standard InChI is InChI=1S/2C23H25N9O/c24-17-8-1-2-9-18(17)28-23-26-13-16(21(25)33)22(29-23)27-14-6-5-7-15(12-14)32-20-11-4-3-10-19(20)30-31-32;24-17-8-1-2-9-18(17)28-23-26-13-16(21(25)33)22(29-23)27-14-6-5-7-15(12-14)32-30-19-10-3-4-11-20(19)31-32/h2*3-7,10-13,17-18H,1-2,8-9,24H2,(H2,25,33)(H2,26,27,28,29)/t2*17-,18+/m00/s1. The highest BCUT2D eigenvalue weighted by molar-refractivity contribution is 5.99. The van der Waals surface area contributed by atoms with Gasteiger partial charge in [-0.05, 0) is 86.3 Å². The van der Waals surface area contributed by atoms with Crippen molar-refractivity contribution < 1.29 is 9.59 Å². The Morgan fingerprint density at radius 2 is 1.06 bits per heavy atom. The SMILES string of the molecule is NC(=O)c1cnc(N[C@@H]2CCCC[C@@H]2N)nc1Nc1cccc(-n2nc3ccccc3n2)c1.NC(=O)c1cnc(N[C@@H]2CCCC[C@@H]2N)nc1Nc1cccc(-n2nnc3ccccc32)c1. The van der Waals surface area contributed by atoms with Crippen LogP contribution >= 0.6 is 0 Å². The molecule has 0 radical (unpaired) electrons. The summed E-state index contributed by atoms with van der Waals surface area (Å²) >= 11 is 0. The second kappa shape index (κ2) is 19.3. The van der Waals surface area contributed by atoms with Crippen LogP contribution in [0.4, 0.5) is 34.9 Å². The van der Waals surface area contributed by atoms with E-state index in [1.54, 1.807) is 9.48 Å². The van der Waals surface area contributed by atoms with Gasteiger partial charge in [0.25, 0.3) is 11.8 Å². The first-order valence-corrected chi connectivity index (χ1v) is 21.9. The number of nitrogens with two attached hydrogens (primary N) is 4. The Morgan fingerprint density at radius 3 is 1.59 bits per heavy atom. The van der Waals surface area contributed by atoms with E-state index in [1.807, 2.05) is 97.1 Å². The molecule has 0 bridgehead atoms. The van der Waals surface area contributed by atoms with Crippen LogP contribution in [0.2, 0.25) is 0 Å². The summed E-state index contributed by atoms with van der Waals surface area (Å²) in [7, 11) is 0. The van der Waals surface area contributed by atoms with E-state index in [0.29, 0.717) is 34.9 Å². The van der Waals surface area contributed by atoms with Crippen LogP contribution in [-0.4, -0.2) is 85.9 Å². The minimum absolute atomic E-state index is 0.0448. The van der Waals surface area contributed by atoms with Gasteiger partial charge in [0.1, 0.15) is 39.3 Å². The van der Waals surface area contributed by atoms with Crippen LogP contribution in [0.1, 0.15) is 72.1 Å². The topological polar surface area (TPSA) is 299 Å². The molecule has 8 aromatic rings. The third-order valence-electron chi connectivity index (χ3n) is 11.7. The maximum atomic E-state index is 12.0. The Bertz CT molecular complexity index is 2960. The Kier molecular flexibility index (Phi) is 12.6. The first kappa shape index (κ1) is 43.2. The van der Waals surface area contributed by atoms with Crippen LogP contribution in [0.25, 0.3) is 33.4 Å². The average Bonchev–Trinajstić information content (AvgIpc) is 3.97. The van der Waals surface area contributed by atoms with Gasteiger partial charge in [-0.3, -0.25) is 9.59 Å². The summed E-state index contributed by atoms with van der Waals surface area (Å²) < 4.78 is 1.76. The third-order valence-corrected chi connectivity index (χ3v) is 11.7. The van der Waals surface area contributed by atoms with Gasteiger partial charge < -0.3 is 44.2 Å². The fourth-order valence-electron chi connectivity index (χ4n) is 8.19. The predicted molar refractivity (Wildman–Crippen MR) is 253 cm³/mol. The third kappa shape index (κ3) is 9.83. The summed E-state index contributed by atoms with van der Waals surface area (Å²) in [4.78, 5) is 43.2. The quantitative estimate of drug-likeness (QED) is 0.0754. The van der Waals surface area contributed by atoms with Crippen molar-refractivity contribution in [3.05, 3.63) is 121 Å². The number of carbonyl (C=O) groups is 2. The molecule has 4 aromatic carbocycles. The van der Waals surface area contributed by atoms with E-state index in [4.69, 9.17) is 22.9 Å². The Morgan fingerprint density at radius 1 is 0.576 bits per heavy atom. The molecule has 0 saturated heterocycles. The van der Waals surface area contributed by atoms with Crippen molar-refractivity contribution in [1.29, 1.82) is 0 Å². The molecule has 20 nitrogen and oxygen atoms in total. The molecule has 20 heteroatoms. The number of fused-ring (bicyclic) bond motifs is 2. The second-order valence-electron chi connectivity index (χ2n) is 16.4. The van der Waals surface area contributed by atoms with Crippen molar-refractivity contribution in [2.45, 2.75) is 75.5 Å². The van der Waals surface area contributed by atoms with Crippen LogP contribution in [0.15, 0.2) is 109 Å². The number of hydrogen-bond donors (Lipinski definition) is 8. The molecule has 0 unspecified atom stereocenters. The first-order chi connectivity index (χ1) is 32.1. The molecule has 0 spiro atoms. The zero-order valence-corrected chi connectivity index (χ0v) is 36.0. The maximum absolute atomic E-state index is 12.0. The molecule has 10 rings (SSSR count). The van der Waals surface area contributed by atoms with E-state index < -0.39 is 11.8 Å². The molecule has 66 heavy (non-hydrogen) atoms. The predicted octanol–water partition coefficient (Wildman–Crippen LogP) is 5.47. The number of benzene rings is 4. The van der Waals surface area contributed by atoms with E-state index in [-0.39, 0.29) is 35.3 Å².